The van der Waals surface area contributed by atoms with Crippen molar-refractivity contribution in [1.29, 1.82) is 0 Å². The molecule has 0 spiro atoms. The number of allylic oxidation sites excluding steroid dienone is 1. The number of rotatable bonds is 13. The van der Waals surface area contributed by atoms with Crippen molar-refractivity contribution < 1.29 is 19.1 Å². The zero-order chi connectivity index (χ0) is 35.2. The highest BCUT2D eigenvalue weighted by atomic mass is 35.5. The maximum Gasteiger partial charge on any atom is 0.277 e. The molecule has 1 amide bonds. The van der Waals surface area contributed by atoms with Gasteiger partial charge in [0.1, 0.15) is 28.5 Å². The monoisotopic (exact) mass is 697 g/mol. The maximum atomic E-state index is 14.4. The number of halogens is 2. The topological polar surface area (TPSA) is 124 Å². The molecule has 3 aromatic carbocycles. The van der Waals surface area contributed by atoms with E-state index in [9.17, 15) is 14.4 Å². The van der Waals surface area contributed by atoms with Crippen molar-refractivity contribution in [2.75, 3.05) is 24.9 Å². The van der Waals surface area contributed by atoms with E-state index in [1.165, 1.54) is 32.4 Å². The summed E-state index contributed by atoms with van der Waals surface area (Å²) in [5.41, 5.74) is 4.57. The van der Waals surface area contributed by atoms with Crippen LogP contribution in [0.1, 0.15) is 16.7 Å². The van der Waals surface area contributed by atoms with Gasteiger partial charge < -0.3 is 24.7 Å². The minimum absolute atomic E-state index is 0.00572. The van der Waals surface area contributed by atoms with E-state index >= 15 is 0 Å². The number of carbonyl (C=O) groups is 2. The van der Waals surface area contributed by atoms with Gasteiger partial charge >= 0.3 is 0 Å². The largest absolute Gasteiger partial charge is 0.495 e. The molecule has 2 heterocycles. The van der Waals surface area contributed by atoms with E-state index in [2.05, 4.69) is 28.8 Å². The normalized spacial score (nSPS) is 10.8. The van der Waals surface area contributed by atoms with E-state index in [4.69, 9.17) is 37.7 Å². The van der Waals surface area contributed by atoms with Gasteiger partial charge in [-0.05, 0) is 54.3 Å². The van der Waals surface area contributed by atoms with Gasteiger partial charge in [0.25, 0.3) is 5.56 Å². The molecule has 0 unspecified atom stereocenters. The Labute approximate surface area is 293 Å². The van der Waals surface area contributed by atoms with E-state index in [0.29, 0.717) is 29.0 Å². The second-order valence-electron chi connectivity index (χ2n) is 11.0. The summed E-state index contributed by atoms with van der Waals surface area (Å²) in [4.78, 5) is 47.7. The molecule has 10 nitrogen and oxygen atoms in total. The lowest BCUT2D eigenvalue weighted by molar-refractivity contribution is -0.114. The van der Waals surface area contributed by atoms with E-state index in [-0.39, 0.29) is 57.5 Å². The minimum Gasteiger partial charge on any atom is -0.495 e. The first kappa shape index (κ1) is 34.9. The average molecular weight is 699 g/mol. The number of carbonyl (C=O) groups excluding carboxylic acids is 2. The molecule has 0 aliphatic rings. The zero-order valence-electron chi connectivity index (χ0n) is 27.1. The third kappa shape index (κ3) is 7.51. The third-order valence-electron chi connectivity index (χ3n) is 7.88. The van der Waals surface area contributed by atoms with Crippen LogP contribution in [0.3, 0.4) is 0 Å². The van der Waals surface area contributed by atoms with Crippen molar-refractivity contribution in [3.63, 3.8) is 0 Å². The molecule has 0 aliphatic heterocycles. The van der Waals surface area contributed by atoms with E-state index in [0.717, 1.165) is 22.4 Å². The molecule has 5 aromatic rings. The fourth-order valence-electron chi connectivity index (χ4n) is 5.32. The highest BCUT2D eigenvalue weighted by Crippen LogP contribution is 2.45. The Hall–Kier alpha value is -5.45. The lowest BCUT2D eigenvalue weighted by atomic mass is 10.0. The van der Waals surface area contributed by atoms with E-state index in [1.54, 1.807) is 29.0 Å². The summed E-state index contributed by atoms with van der Waals surface area (Å²) in [7, 11) is 2.90. The van der Waals surface area contributed by atoms with Gasteiger partial charge in [-0.1, -0.05) is 66.7 Å². The number of hydrogen-bond donors (Lipinski definition) is 2. The molecule has 2 aromatic heterocycles. The third-order valence-corrected chi connectivity index (χ3v) is 8.63. The second-order valence-corrected chi connectivity index (χ2v) is 11.7. The predicted octanol–water partition coefficient (Wildman–Crippen LogP) is 7.50. The lowest BCUT2D eigenvalue weighted by Crippen LogP contribution is -2.25. The van der Waals surface area contributed by atoms with Crippen molar-refractivity contribution in [2.24, 2.45) is 0 Å². The molecule has 250 valence electrons. The molecule has 0 bridgehead atoms. The molecule has 5 rings (SSSR count). The molecule has 0 aliphatic carbocycles. The van der Waals surface area contributed by atoms with Crippen molar-refractivity contribution in [3.05, 3.63) is 123 Å². The molecule has 0 fully saturated rings. The van der Waals surface area contributed by atoms with Gasteiger partial charge in [-0.3, -0.25) is 14.4 Å². The van der Waals surface area contributed by atoms with Crippen LogP contribution in [0.4, 0.5) is 17.2 Å². The van der Waals surface area contributed by atoms with E-state index < -0.39 is 5.56 Å². The number of methoxy groups -OCH3 is 2. The van der Waals surface area contributed by atoms with Crippen LogP contribution in [0.15, 0.2) is 90.9 Å². The van der Waals surface area contributed by atoms with Crippen molar-refractivity contribution in [2.45, 2.75) is 26.3 Å². The summed E-state index contributed by atoms with van der Waals surface area (Å²) >= 11 is 13.5. The Morgan fingerprint density at radius 1 is 0.980 bits per heavy atom. The Morgan fingerprint density at radius 2 is 1.67 bits per heavy atom. The minimum atomic E-state index is -0.452. The van der Waals surface area contributed by atoms with Gasteiger partial charge in [0.2, 0.25) is 5.91 Å². The number of hydrogen-bond acceptors (Lipinski definition) is 8. The first-order chi connectivity index (χ1) is 23.6. The molecule has 2 N–H and O–H groups in total. The molecule has 12 heteroatoms. The number of aromatic nitrogens is 3. The Kier molecular flexibility index (Phi) is 10.8. The number of ketones is 1. The highest BCUT2D eigenvalue weighted by Gasteiger charge is 2.24. The van der Waals surface area contributed by atoms with E-state index in [1.807, 2.05) is 37.3 Å². The average Bonchev–Trinajstić information content (AvgIpc) is 3.10. The number of nitrogens with one attached hydrogen (secondary N) is 2. The Bertz CT molecular complexity index is 2130. The summed E-state index contributed by atoms with van der Waals surface area (Å²) in [5, 5.41) is 6.28. The first-order valence-electron chi connectivity index (χ1n) is 15.1. The van der Waals surface area contributed by atoms with Gasteiger partial charge in [-0.25, -0.2) is 9.97 Å². The van der Waals surface area contributed by atoms with Crippen LogP contribution >= 0.6 is 23.2 Å². The summed E-state index contributed by atoms with van der Waals surface area (Å²) in [6.45, 7) is 9.24. The van der Waals surface area contributed by atoms with Crippen molar-refractivity contribution in [3.8, 4) is 22.8 Å². The van der Waals surface area contributed by atoms with Crippen LogP contribution in [0.2, 0.25) is 10.0 Å². The number of fused-ring (bicyclic) bond motifs is 1. The standard InChI is InChI=1S/C37H33Cl2N5O5/c1-6-25(45)17-23-10-8-9-21(3)35(23)43-30-18-27-26(20-40-30)42-36(32-33(38)28(48-4)19-29(49-5)34(32)39)37(47)44(27)16-15-22-11-13-24(14-12-22)41-31(46)7-2/h6-14,18-20H,1-2,15-17H2,3-5H3,(H,40,43)(H,41,46). The van der Waals surface area contributed by atoms with Gasteiger partial charge in [0.05, 0.1) is 41.5 Å². The fraction of sp³-hybridized carbons (Fsp3) is 0.162. The lowest BCUT2D eigenvalue weighted by Gasteiger charge is -2.18. The van der Waals surface area contributed by atoms with Gasteiger partial charge in [-0.15, -0.1) is 0 Å². The molecule has 49 heavy (non-hydrogen) atoms. The van der Waals surface area contributed by atoms with Crippen molar-refractivity contribution >= 4 is 63.1 Å². The smallest absolute Gasteiger partial charge is 0.277 e. The molecule has 0 saturated carbocycles. The molecule has 0 atom stereocenters. The summed E-state index contributed by atoms with van der Waals surface area (Å²) < 4.78 is 12.5. The predicted molar refractivity (Wildman–Crippen MR) is 195 cm³/mol. The number of benzene rings is 3. The van der Waals surface area contributed by atoms with Gasteiger partial charge in [0.15, 0.2) is 5.78 Å². The SMILES string of the molecule is C=CC(=O)Cc1cccc(C)c1Nc1cc2c(cn1)nc(-c1c(Cl)c(OC)cc(OC)c1Cl)c(=O)n2CCc1ccc(NC(=O)C=C)cc1. The summed E-state index contributed by atoms with van der Waals surface area (Å²) in [6, 6.07) is 16.2. The fourth-order valence-corrected chi connectivity index (χ4v) is 6.00. The number of anilines is 3. The van der Waals surface area contributed by atoms with Gasteiger partial charge in [-0.2, -0.15) is 0 Å². The van der Waals surface area contributed by atoms with Crippen LogP contribution in [0.25, 0.3) is 22.3 Å². The second kappa shape index (κ2) is 15.2. The first-order valence-corrected chi connectivity index (χ1v) is 15.9. The Morgan fingerprint density at radius 3 is 2.31 bits per heavy atom. The van der Waals surface area contributed by atoms with Crippen LogP contribution in [0, 0.1) is 6.92 Å². The maximum absolute atomic E-state index is 14.4. The molecular weight excluding hydrogens is 665 g/mol. The molecule has 0 radical (unpaired) electrons. The summed E-state index contributed by atoms with van der Waals surface area (Å²) in [6.07, 6.45) is 4.66. The van der Waals surface area contributed by atoms with Crippen LogP contribution in [0.5, 0.6) is 11.5 Å². The Balaban J connectivity index is 1.64. The quantitative estimate of drug-likeness (QED) is 0.121. The molecule has 0 saturated heterocycles. The number of pyridine rings is 1. The van der Waals surface area contributed by atoms with Crippen LogP contribution in [-0.4, -0.2) is 40.4 Å². The number of nitrogens with zero attached hydrogens (tertiary/aromatic N) is 3. The van der Waals surface area contributed by atoms with Crippen LogP contribution in [-0.2, 0) is 29.0 Å². The number of ether oxygens (including phenoxy) is 2. The van der Waals surface area contributed by atoms with Crippen molar-refractivity contribution in [1.82, 2.24) is 14.5 Å². The summed E-state index contributed by atoms with van der Waals surface area (Å²) in [5.74, 6) is 0.531. The molecular formula is C37H33Cl2N5O5. The zero-order valence-corrected chi connectivity index (χ0v) is 28.6. The number of amides is 1. The number of aryl methyl sites for hydroxylation is 3. The highest BCUT2D eigenvalue weighted by molar-refractivity contribution is 6.41. The number of para-hydroxylation sites is 1. The van der Waals surface area contributed by atoms with Crippen LogP contribution < -0.4 is 25.7 Å². The van der Waals surface area contributed by atoms with Gasteiger partial charge in [0, 0.05) is 36.5 Å².